The number of aliphatic hydroxyl groups excluding tert-OH is 1. The summed E-state index contributed by atoms with van der Waals surface area (Å²) in [4.78, 5) is 12.3. The maximum atomic E-state index is 12.3. The Morgan fingerprint density at radius 2 is 2.37 bits per heavy atom. The summed E-state index contributed by atoms with van der Waals surface area (Å²) in [6, 6.07) is 5.38. The molecule has 102 valence electrons. The van der Waals surface area contributed by atoms with Crippen molar-refractivity contribution in [3.63, 3.8) is 0 Å². The first kappa shape index (κ1) is 13.9. The number of hydrogen-bond donors (Lipinski definition) is 3. The number of aromatic amines is 1. The molecule has 0 aliphatic rings. The molecule has 1 heterocycles. The Bertz CT molecular complexity index is 566. The Morgan fingerprint density at radius 1 is 1.58 bits per heavy atom. The van der Waals surface area contributed by atoms with Gasteiger partial charge in [0.05, 0.1) is 23.9 Å². The number of carbonyl (C=O) groups is 1. The third kappa shape index (κ3) is 2.90. The van der Waals surface area contributed by atoms with Crippen LogP contribution in [0, 0.1) is 0 Å². The molecule has 0 aliphatic heterocycles. The number of fused-ring (bicyclic) bond motifs is 1. The highest BCUT2D eigenvalue weighted by atomic mass is 32.2. The highest BCUT2D eigenvalue weighted by Gasteiger charge is 2.19. The summed E-state index contributed by atoms with van der Waals surface area (Å²) in [5.41, 5.74) is 1.30. The van der Waals surface area contributed by atoms with E-state index in [2.05, 4.69) is 15.5 Å². The quantitative estimate of drug-likeness (QED) is 0.773. The molecule has 2 atom stereocenters. The summed E-state index contributed by atoms with van der Waals surface area (Å²) in [6.45, 7) is 1.93. The van der Waals surface area contributed by atoms with Crippen molar-refractivity contribution in [1.82, 2.24) is 15.5 Å². The van der Waals surface area contributed by atoms with E-state index >= 15 is 0 Å². The van der Waals surface area contributed by atoms with E-state index in [4.69, 9.17) is 0 Å². The molecule has 0 spiro atoms. The molecule has 6 heteroatoms. The van der Waals surface area contributed by atoms with E-state index in [1.807, 2.05) is 25.3 Å². The molecule has 1 aromatic carbocycles. The molecule has 5 nitrogen and oxygen atoms in total. The summed E-state index contributed by atoms with van der Waals surface area (Å²) >= 11 is 1.54. The van der Waals surface area contributed by atoms with Gasteiger partial charge in [0.25, 0.3) is 5.91 Å². The number of para-hydroxylation sites is 1. The van der Waals surface area contributed by atoms with Crippen LogP contribution in [-0.2, 0) is 0 Å². The van der Waals surface area contributed by atoms with Gasteiger partial charge in [0.2, 0.25) is 0 Å². The minimum Gasteiger partial charge on any atom is -0.395 e. The summed E-state index contributed by atoms with van der Waals surface area (Å²) in [6.07, 6.45) is 3.60. The molecule has 2 unspecified atom stereocenters. The fraction of sp³-hybridized carbons (Fsp3) is 0.385. The van der Waals surface area contributed by atoms with Crippen molar-refractivity contribution in [3.05, 3.63) is 30.0 Å². The van der Waals surface area contributed by atoms with Crippen LogP contribution in [0.25, 0.3) is 10.9 Å². The van der Waals surface area contributed by atoms with E-state index in [0.29, 0.717) is 5.56 Å². The largest absolute Gasteiger partial charge is 0.395 e. The summed E-state index contributed by atoms with van der Waals surface area (Å²) in [5, 5.41) is 19.8. The molecule has 3 N–H and O–H groups in total. The first-order valence-electron chi connectivity index (χ1n) is 6.04. The molecule has 19 heavy (non-hydrogen) atoms. The number of rotatable bonds is 5. The van der Waals surface area contributed by atoms with Crippen LogP contribution in [0.15, 0.2) is 24.4 Å². The molecule has 2 rings (SSSR count). The minimum atomic E-state index is -0.158. The Morgan fingerprint density at radius 3 is 3.05 bits per heavy atom. The first-order valence-corrected chi connectivity index (χ1v) is 7.32. The summed E-state index contributed by atoms with van der Waals surface area (Å²) in [5.74, 6) is -0.158. The van der Waals surface area contributed by atoms with Crippen molar-refractivity contribution in [2.45, 2.75) is 18.2 Å². The molecule has 0 fully saturated rings. The van der Waals surface area contributed by atoms with Crippen LogP contribution in [-0.4, -0.2) is 45.4 Å². The van der Waals surface area contributed by atoms with Gasteiger partial charge in [-0.15, -0.1) is 0 Å². The Kier molecular flexibility index (Phi) is 4.44. The number of H-pyrrole nitrogens is 1. The number of amides is 1. The lowest BCUT2D eigenvalue weighted by Crippen LogP contribution is -2.41. The lowest BCUT2D eigenvalue weighted by Gasteiger charge is -2.21. The average molecular weight is 279 g/mol. The zero-order valence-corrected chi connectivity index (χ0v) is 11.7. The second-order valence-corrected chi connectivity index (χ2v) is 5.44. The van der Waals surface area contributed by atoms with Gasteiger partial charge in [0.15, 0.2) is 0 Å². The molecule has 0 bridgehead atoms. The zero-order valence-electron chi connectivity index (χ0n) is 10.9. The standard InChI is InChI=1S/C13H17N3O2S/c1-8(11(7-17)19-2)15-13(18)10-5-3-4-9-6-14-16-12(9)10/h3-6,8,11,17H,7H2,1-2H3,(H,14,16)(H,15,18). The normalized spacial score (nSPS) is 14.3. The Hall–Kier alpha value is -1.53. The van der Waals surface area contributed by atoms with Gasteiger partial charge >= 0.3 is 0 Å². The van der Waals surface area contributed by atoms with Gasteiger partial charge in [0, 0.05) is 16.7 Å². The van der Waals surface area contributed by atoms with E-state index in [0.717, 1.165) is 10.9 Å². The van der Waals surface area contributed by atoms with Gasteiger partial charge in [0.1, 0.15) is 0 Å². The molecule has 0 aliphatic carbocycles. The number of benzene rings is 1. The van der Waals surface area contributed by atoms with Crippen LogP contribution in [0.3, 0.4) is 0 Å². The number of thioether (sulfide) groups is 1. The molecule has 0 radical (unpaired) electrons. The SMILES string of the molecule is CSC(CO)C(C)NC(=O)c1cccc2cn[nH]c12. The van der Waals surface area contributed by atoms with Gasteiger partial charge in [-0.3, -0.25) is 9.89 Å². The summed E-state index contributed by atoms with van der Waals surface area (Å²) < 4.78 is 0. The van der Waals surface area contributed by atoms with Gasteiger partial charge in [-0.25, -0.2) is 0 Å². The molecule has 0 saturated heterocycles. The molecule has 1 aromatic heterocycles. The number of aliphatic hydroxyl groups is 1. The third-order valence-corrected chi connectivity index (χ3v) is 4.28. The minimum absolute atomic E-state index is 0.00933. The fourth-order valence-corrected chi connectivity index (χ4v) is 2.60. The maximum absolute atomic E-state index is 12.3. The van der Waals surface area contributed by atoms with Crippen LogP contribution in [0.5, 0.6) is 0 Å². The molecular weight excluding hydrogens is 262 g/mol. The van der Waals surface area contributed by atoms with Crippen molar-refractivity contribution < 1.29 is 9.90 Å². The zero-order chi connectivity index (χ0) is 13.8. The van der Waals surface area contributed by atoms with Crippen molar-refractivity contribution in [2.75, 3.05) is 12.9 Å². The van der Waals surface area contributed by atoms with Gasteiger partial charge < -0.3 is 10.4 Å². The molecule has 0 saturated carbocycles. The van der Waals surface area contributed by atoms with Crippen molar-refractivity contribution in [1.29, 1.82) is 0 Å². The van der Waals surface area contributed by atoms with Crippen molar-refractivity contribution >= 4 is 28.6 Å². The lowest BCUT2D eigenvalue weighted by molar-refractivity contribution is 0.0937. The number of carbonyl (C=O) groups excluding carboxylic acids is 1. The van der Waals surface area contributed by atoms with Crippen LogP contribution < -0.4 is 5.32 Å². The second-order valence-electron chi connectivity index (χ2n) is 4.36. The Balaban J connectivity index is 2.18. The monoisotopic (exact) mass is 279 g/mol. The van der Waals surface area contributed by atoms with Crippen LogP contribution in [0.4, 0.5) is 0 Å². The van der Waals surface area contributed by atoms with Crippen LogP contribution >= 0.6 is 11.8 Å². The number of aromatic nitrogens is 2. The number of nitrogens with one attached hydrogen (secondary N) is 2. The average Bonchev–Trinajstić information content (AvgIpc) is 2.87. The van der Waals surface area contributed by atoms with Gasteiger partial charge in [-0.05, 0) is 19.2 Å². The first-order chi connectivity index (χ1) is 9.17. The summed E-state index contributed by atoms with van der Waals surface area (Å²) in [7, 11) is 0. The highest BCUT2D eigenvalue weighted by Crippen LogP contribution is 2.16. The predicted molar refractivity (Wildman–Crippen MR) is 77.4 cm³/mol. The van der Waals surface area contributed by atoms with Crippen molar-refractivity contribution in [3.8, 4) is 0 Å². The number of nitrogens with zero attached hydrogens (tertiary/aromatic N) is 1. The fourth-order valence-electron chi connectivity index (χ4n) is 1.97. The van der Waals surface area contributed by atoms with Gasteiger partial charge in [-0.2, -0.15) is 16.9 Å². The van der Waals surface area contributed by atoms with Crippen molar-refractivity contribution in [2.24, 2.45) is 0 Å². The topological polar surface area (TPSA) is 78.0 Å². The highest BCUT2D eigenvalue weighted by molar-refractivity contribution is 7.99. The maximum Gasteiger partial charge on any atom is 0.253 e. The Labute approximate surface area is 115 Å². The van der Waals surface area contributed by atoms with E-state index in [1.54, 1.807) is 12.3 Å². The molecule has 2 aromatic rings. The van der Waals surface area contributed by atoms with E-state index in [9.17, 15) is 9.90 Å². The van der Waals surface area contributed by atoms with Crippen LogP contribution in [0.2, 0.25) is 0 Å². The molecular formula is C13H17N3O2S. The predicted octanol–water partition coefficient (Wildman–Crippen LogP) is 1.41. The lowest BCUT2D eigenvalue weighted by atomic mass is 10.1. The van der Waals surface area contributed by atoms with E-state index in [1.165, 1.54) is 11.8 Å². The van der Waals surface area contributed by atoms with E-state index in [-0.39, 0.29) is 23.8 Å². The second kappa shape index (κ2) is 6.08. The van der Waals surface area contributed by atoms with Gasteiger partial charge in [-0.1, -0.05) is 12.1 Å². The third-order valence-electron chi connectivity index (χ3n) is 3.12. The molecule has 1 amide bonds. The van der Waals surface area contributed by atoms with E-state index < -0.39 is 0 Å². The smallest absolute Gasteiger partial charge is 0.253 e. The van der Waals surface area contributed by atoms with Crippen LogP contribution in [0.1, 0.15) is 17.3 Å². The number of hydrogen-bond acceptors (Lipinski definition) is 4.